The lowest BCUT2D eigenvalue weighted by atomic mass is 10.1. The van der Waals surface area contributed by atoms with Crippen molar-refractivity contribution in [2.75, 3.05) is 49.2 Å². The van der Waals surface area contributed by atoms with E-state index in [0.717, 1.165) is 0 Å². The fourth-order valence-corrected chi connectivity index (χ4v) is 3.72. The third kappa shape index (κ3) is 7.59. The summed E-state index contributed by atoms with van der Waals surface area (Å²) >= 11 is 0. The number of benzene rings is 3. The van der Waals surface area contributed by atoms with E-state index in [0.29, 0.717) is 40.1 Å². The minimum atomic E-state index is -0.653. The summed E-state index contributed by atoms with van der Waals surface area (Å²) in [5, 5.41) is 6.39. The monoisotopic (exact) mass is 581 g/mol. The number of nitrogens with one attached hydrogen (secondary N) is 2. The number of methoxy groups -OCH3 is 6. The minimum absolute atomic E-state index is 0.185. The Bertz CT molecular complexity index is 1420. The van der Waals surface area contributed by atoms with E-state index in [1.54, 1.807) is 24.3 Å². The van der Waals surface area contributed by atoms with E-state index < -0.39 is 17.8 Å². The van der Waals surface area contributed by atoms with Gasteiger partial charge in [0.05, 0.1) is 61.0 Å². The number of hydrogen-bond donors (Lipinski definition) is 2. The van der Waals surface area contributed by atoms with Crippen molar-refractivity contribution in [1.29, 1.82) is 0 Å². The highest BCUT2D eigenvalue weighted by molar-refractivity contribution is 5.98. The zero-order chi connectivity index (χ0) is 30.6. The zero-order valence-corrected chi connectivity index (χ0v) is 23.9. The summed E-state index contributed by atoms with van der Waals surface area (Å²) in [4.78, 5) is 37.6. The van der Waals surface area contributed by atoms with E-state index in [4.69, 9.17) is 33.2 Å². The standard InChI is InChI=1S/C29H31N3O10/c1-36-21-11-18(12-22(37-2)26(21)40-5)28(34)30-16-25(33)32-31-15-17-8-7-9-20(10-17)42-29(35)19-13-23(38-3)27(41-6)24(14-19)39-4/h7-15H,16H2,1-6H3,(H,30,34)(H,32,33). The van der Waals surface area contributed by atoms with Crippen LogP contribution in [-0.4, -0.2) is 73.2 Å². The van der Waals surface area contributed by atoms with Crippen LogP contribution in [0.2, 0.25) is 0 Å². The fraction of sp³-hybridized carbons (Fsp3) is 0.241. The smallest absolute Gasteiger partial charge is 0.343 e. The molecule has 0 atom stereocenters. The number of hydrazone groups is 1. The van der Waals surface area contributed by atoms with E-state index in [1.807, 2.05) is 0 Å². The first-order valence-electron chi connectivity index (χ1n) is 12.3. The molecule has 3 aromatic carbocycles. The van der Waals surface area contributed by atoms with Gasteiger partial charge in [-0.2, -0.15) is 5.10 Å². The predicted molar refractivity (Wildman–Crippen MR) is 152 cm³/mol. The Labute approximate surface area is 242 Å². The normalized spacial score (nSPS) is 10.4. The third-order valence-corrected chi connectivity index (χ3v) is 5.71. The van der Waals surface area contributed by atoms with Gasteiger partial charge in [-0.1, -0.05) is 12.1 Å². The van der Waals surface area contributed by atoms with Crippen LogP contribution in [0.3, 0.4) is 0 Å². The third-order valence-electron chi connectivity index (χ3n) is 5.71. The van der Waals surface area contributed by atoms with Gasteiger partial charge in [-0.3, -0.25) is 9.59 Å². The largest absolute Gasteiger partial charge is 0.493 e. The van der Waals surface area contributed by atoms with Crippen molar-refractivity contribution in [2.24, 2.45) is 5.10 Å². The Morgan fingerprint density at radius 3 is 1.74 bits per heavy atom. The van der Waals surface area contributed by atoms with Crippen LogP contribution in [0.1, 0.15) is 26.3 Å². The molecule has 0 unspecified atom stereocenters. The van der Waals surface area contributed by atoms with Gasteiger partial charge >= 0.3 is 5.97 Å². The molecule has 3 rings (SSSR count). The van der Waals surface area contributed by atoms with Crippen molar-refractivity contribution < 1.29 is 47.5 Å². The van der Waals surface area contributed by atoms with Gasteiger partial charge in [-0.05, 0) is 42.0 Å². The molecule has 0 heterocycles. The van der Waals surface area contributed by atoms with Gasteiger partial charge in [0.25, 0.3) is 11.8 Å². The van der Waals surface area contributed by atoms with Crippen LogP contribution in [0.15, 0.2) is 53.6 Å². The highest BCUT2D eigenvalue weighted by atomic mass is 16.5. The molecule has 2 amide bonds. The highest BCUT2D eigenvalue weighted by Crippen LogP contribution is 2.39. The molecule has 0 aliphatic rings. The number of ether oxygens (including phenoxy) is 7. The summed E-state index contributed by atoms with van der Waals surface area (Å²) in [5.74, 6) is 0.370. The van der Waals surface area contributed by atoms with E-state index in [1.165, 1.54) is 73.1 Å². The minimum Gasteiger partial charge on any atom is -0.493 e. The molecule has 0 radical (unpaired) electrons. The van der Waals surface area contributed by atoms with Crippen LogP contribution in [0, 0.1) is 0 Å². The van der Waals surface area contributed by atoms with Crippen molar-refractivity contribution in [1.82, 2.24) is 10.7 Å². The molecule has 2 N–H and O–H groups in total. The van der Waals surface area contributed by atoms with E-state index in [-0.39, 0.29) is 23.4 Å². The van der Waals surface area contributed by atoms with Crippen molar-refractivity contribution in [3.8, 4) is 40.2 Å². The number of hydrogen-bond acceptors (Lipinski definition) is 11. The summed E-state index contributed by atoms with van der Waals surface area (Å²) in [5.41, 5.74) is 3.25. The van der Waals surface area contributed by atoms with Crippen LogP contribution in [0.5, 0.6) is 40.2 Å². The quantitative estimate of drug-likeness (QED) is 0.133. The lowest BCUT2D eigenvalue weighted by Gasteiger charge is -2.14. The average Bonchev–Trinajstić information content (AvgIpc) is 3.01. The average molecular weight is 582 g/mol. The second-order valence-corrected chi connectivity index (χ2v) is 8.27. The summed E-state index contributed by atoms with van der Waals surface area (Å²) in [6.07, 6.45) is 1.36. The van der Waals surface area contributed by atoms with E-state index in [9.17, 15) is 14.4 Å². The first-order chi connectivity index (χ1) is 20.3. The SMILES string of the molecule is COc1cc(C(=O)NCC(=O)NN=Cc2cccc(OC(=O)c3cc(OC)c(OC)c(OC)c3)c2)cc(OC)c1OC. The summed E-state index contributed by atoms with van der Waals surface area (Å²) in [6, 6.07) is 12.4. The van der Waals surface area contributed by atoms with Gasteiger partial charge in [0.1, 0.15) is 5.75 Å². The van der Waals surface area contributed by atoms with Gasteiger partial charge in [0, 0.05) is 5.56 Å². The van der Waals surface area contributed by atoms with Crippen LogP contribution in [0.4, 0.5) is 0 Å². The molecule has 13 nitrogen and oxygen atoms in total. The van der Waals surface area contributed by atoms with Gasteiger partial charge < -0.3 is 38.5 Å². The first-order valence-corrected chi connectivity index (χ1v) is 12.3. The van der Waals surface area contributed by atoms with Crippen molar-refractivity contribution in [3.63, 3.8) is 0 Å². The summed E-state index contributed by atoms with van der Waals surface area (Å²) in [6.45, 7) is -0.348. The second kappa shape index (κ2) is 14.8. The van der Waals surface area contributed by atoms with Crippen LogP contribution in [0.25, 0.3) is 0 Å². The fourth-order valence-electron chi connectivity index (χ4n) is 3.72. The van der Waals surface area contributed by atoms with Crippen LogP contribution in [-0.2, 0) is 4.79 Å². The molecule has 42 heavy (non-hydrogen) atoms. The molecule has 0 aliphatic carbocycles. The molecule has 0 saturated carbocycles. The molecule has 13 heteroatoms. The molecule has 222 valence electrons. The molecule has 0 aromatic heterocycles. The Morgan fingerprint density at radius 2 is 1.24 bits per heavy atom. The van der Waals surface area contributed by atoms with Gasteiger partial charge in [-0.25, -0.2) is 10.2 Å². The highest BCUT2D eigenvalue weighted by Gasteiger charge is 2.19. The number of esters is 1. The van der Waals surface area contributed by atoms with Gasteiger partial charge in [-0.15, -0.1) is 0 Å². The molecule has 0 spiro atoms. The number of nitrogens with zero attached hydrogens (tertiary/aromatic N) is 1. The summed E-state index contributed by atoms with van der Waals surface area (Å²) < 4.78 is 37.0. The van der Waals surface area contributed by atoms with Gasteiger partial charge in [0.2, 0.25) is 11.5 Å². The maximum absolute atomic E-state index is 12.8. The summed E-state index contributed by atoms with van der Waals surface area (Å²) in [7, 11) is 8.66. The lowest BCUT2D eigenvalue weighted by molar-refractivity contribution is -0.120. The molecule has 0 aliphatic heterocycles. The molecule has 0 fully saturated rings. The van der Waals surface area contributed by atoms with E-state index in [2.05, 4.69) is 15.8 Å². The number of amides is 2. The molecule has 0 saturated heterocycles. The molecular weight excluding hydrogens is 550 g/mol. The molecule has 0 bridgehead atoms. The first kappa shape index (κ1) is 31.1. The van der Waals surface area contributed by atoms with Crippen molar-refractivity contribution in [3.05, 3.63) is 65.2 Å². The molecular formula is C29H31N3O10. The van der Waals surface area contributed by atoms with Crippen LogP contribution >= 0.6 is 0 Å². The Balaban J connectivity index is 1.59. The van der Waals surface area contributed by atoms with Crippen LogP contribution < -0.4 is 43.9 Å². The molecule has 3 aromatic rings. The maximum Gasteiger partial charge on any atom is 0.343 e. The topological polar surface area (TPSA) is 152 Å². The Hall–Kier alpha value is -5.46. The number of carbonyl (C=O) groups excluding carboxylic acids is 3. The number of carbonyl (C=O) groups is 3. The second-order valence-electron chi connectivity index (χ2n) is 8.27. The predicted octanol–water partition coefficient (Wildman–Crippen LogP) is 2.84. The van der Waals surface area contributed by atoms with E-state index >= 15 is 0 Å². The zero-order valence-electron chi connectivity index (χ0n) is 23.9. The lowest BCUT2D eigenvalue weighted by Crippen LogP contribution is -2.34. The van der Waals surface area contributed by atoms with Crippen molar-refractivity contribution in [2.45, 2.75) is 0 Å². The Morgan fingerprint density at radius 1 is 0.714 bits per heavy atom. The number of rotatable bonds is 13. The Kier molecular flexibility index (Phi) is 10.9. The van der Waals surface area contributed by atoms with Gasteiger partial charge in [0.15, 0.2) is 23.0 Å². The van der Waals surface area contributed by atoms with Crippen molar-refractivity contribution >= 4 is 24.0 Å². The maximum atomic E-state index is 12.8.